The Morgan fingerprint density at radius 2 is 1.93 bits per heavy atom. The average Bonchev–Trinajstić information content (AvgIpc) is 2.11. The molecule has 0 saturated carbocycles. The van der Waals surface area contributed by atoms with Crippen molar-refractivity contribution in [3.8, 4) is 5.75 Å². The van der Waals surface area contributed by atoms with Gasteiger partial charge < -0.3 is 10.5 Å². The normalized spacial score (nSPS) is 11.5. The van der Waals surface area contributed by atoms with Crippen LogP contribution < -0.4 is 10.5 Å². The fraction of sp³-hybridized carbons (Fsp3) is 0.250. The number of rotatable bonds is 2. The van der Waals surface area contributed by atoms with Gasteiger partial charge in [-0.25, -0.2) is 4.39 Å². The van der Waals surface area contributed by atoms with E-state index in [2.05, 4.69) is 20.7 Å². The van der Waals surface area contributed by atoms with Crippen LogP contribution >= 0.6 is 15.9 Å². The summed E-state index contributed by atoms with van der Waals surface area (Å²) in [6.07, 6.45) is -4.96. The molecule has 0 aliphatic rings. The molecule has 0 radical (unpaired) electrons. The van der Waals surface area contributed by atoms with Gasteiger partial charge in [0.15, 0.2) is 11.6 Å². The van der Waals surface area contributed by atoms with Gasteiger partial charge in [-0.2, -0.15) is 0 Å². The van der Waals surface area contributed by atoms with E-state index >= 15 is 0 Å². The third kappa shape index (κ3) is 2.98. The Labute approximate surface area is 91.1 Å². The number of hydrogen-bond acceptors (Lipinski definition) is 2. The van der Waals surface area contributed by atoms with Crippen LogP contribution in [-0.4, -0.2) is 6.36 Å². The topological polar surface area (TPSA) is 35.2 Å². The van der Waals surface area contributed by atoms with E-state index in [1.165, 1.54) is 6.07 Å². The maximum atomic E-state index is 13.3. The number of halogens is 5. The Morgan fingerprint density at radius 3 is 2.40 bits per heavy atom. The predicted octanol–water partition coefficient (Wildman–Crippen LogP) is 3.20. The molecule has 1 aromatic rings. The van der Waals surface area contributed by atoms with Crippen molar-refractivity contribution in [1.82, 2.24) is 0 Å². The molecule has 0 unspecified atom stereocenters. The summed E-state index contributed by atoms with van der Waals surface area (Å²) in [6, 6.07) is 2.43. The monoisotopic (exact) mass is 287 g/mol. The molecule has 0 aromatic heterocycles. The quantitative estimate of drug-likeness (QED) is 0.515. The van der Waals surface area contributed by atoms with Crippen molar-refractivity contribution in [2.45, 2.75) is 11.7 Å². The lowest BCUT2D eigenvalue weighted by atomic mass is 10.2. The number of nitrogens with two attached hydrogens (primary N) is 1. The van der Waals surface area contributed by atoms with Crippen LogP contribution in [0.15, 0.2) is 12.1 Å². The zero-order valence-electron chi connectivity index (χ0n) is 7.24. The third-order valence-corrected chi connectivity index (χ3v) is 2.17. The van der Waals surface area contributed by atoms with Gasteiger partial charge in [-0.1, -0.05) is 22.0 Å². The lowest BCUT2D eigenvalue weighted by Gasteiger charge is -2.13. The molecule has 2 nitrogen and oxygen atoms in total. The summed E-state index contributed by atoms with van der Waals surface area (Å²) >= 11 is 2.93. The van der Waals surface area contributed by atoms with Crippen LogP contribution in [0.25, 0.3) is 0 Å². The van der Waals surface area contributed by atoms with E-state index in [1.54, 1.807) is 0 Å². The molecule has 1 rings (SSSR count). The number of ether oxygens (including phenoxy) is 1. The molecule has 7 heteroatoms. The Morgan fingerprint density at radius 1 is 1.33 bits per heavy atom. The van der Waals surface area contributed by atoms with Crippen molar-refractivity contribution in [3.63, 3.8) is 0 Å². The molecule has 0 saturated heterocycles. The molecular formula is C8H6BrF4NO. The zero-order chi connectivity index (χ0) is 11.6. The smallest absolute Gasteiger partial charge is 0.400 e. The van der Waals surface area contributed by atoms with Gasteiger partial charge in [0, 0.05) is 10.9 Å². The van der Waals surface area contributed by atoms with Gasteiger partial charge >= 0.3 is 6.36 Å². The van der Waals surface area contributed by atoms with Gasteiger partial charge in [-0.3, -0.25) is 0 Å². The van der Waals surface area contributed by atoms with Crippen molar-refractivity contribution in [1.29, 1.82) is 0 Å². The molecule has 0 bridgehead atoms. The second kappa shape index (κ2) is 4.26. The number of benzene rings is 1. The number of anilines is 1. The van der Waals surface area contributed by atoms with E-state index in [0.717, 1.165) is 6.07 Å². The first-order chi connectivity index (χ1) is 6.85. The molecule has 0 atom stereocenters. The highest BCUT2D eigenvalue weighted by atomic mass is 79.9. The molecule has 84 valence electrons. The molecule has 0 aliphatic heterocycles. The number of hydrogen-bond donors (Lipinski definition) is 1. The molecule has 15 heavy (non-hydrogen) atoms. The minimum atomic E-state index is -4.96. The summed E-state index contributed by atoms with van der Waals surface area (Å²) in [4.78, 5) is 0. The van der Waals surface area contributed by atoms with Crippen molar-refractivity contribution < 1.29 is 22.3 Å². The highest BCUT2D eigenvalue weighted by Crippen LogP contribution is 2.33. The lowest BCUT2D eigenvalue weighted by molar-refractivity contribution is -0.275. The molecule has 1 aromatic carbocycles. The molecule has 0 heterocycles. The average molecular weight is 288 g/mol. The van der Waals surface area contributed by atoms with Gasteiger partial charge in [0.25, 0.3) is 0 Å². The molecule has 2 N–H and O–H groups in total. The highest BCUT2D eigenvalue weighted by Gasteiger charge is 2.33. The van der Waals surface area contributed by atoms with Crippen LogP contribution in [0.3, 0.4) is 0 Å². The van der Waals surface area contributed by atoms with Crippen LogP contribution in [0.4, 0.5) is 23.2 Å². The van der Waals surface area contributed by atoms with Gasteiger partial charge in [-0.05, 0) is 6.07 Å². The summed E-state index contributed by atoms with van der Waals surface area (Å²) in [5, 5.41) is 0.0767. The maximum Gasteiger partial charge on any atom is 0.573 e. The summed E-state index contributed by atoms with van der Waals surface area (Å²) in [7, 11) is 0. The van der Waals surface area contributed by atoms with Crippen molar-refractivity contribution in [2.75, 3.05) is 5.73 Å². The summed E-state index contributed by atoms with van der Waals surface area (Å²) in [5.74, 6) is -2.09. The first-order valence-electron chi connectivity index (χ1n) is 3.73. The predicted molar refractivity (Wildman–Crippen MR) is 50.1 cm³/mol. The second-order valence-corrected chi connectivity index (χ2v) is 3.20. The van der Waals surface area contributed by atoms with Crippen LogP contribution in [-0.2, 0) is 5.33 Å². The molecule has 0 amide bonds. The minimum Gasteiger partial charge on any atom is -0.400 e. The van der Waals surface area contributed by atoms with Crippen molar-refractivity contribution in [2.24, 2.45) is 0 Å². The van der Waals surface area contributed by atoms with E-state index in [-0.39, 0.29) is 10.9 Å². The Balaban J connectivity index is 3.15. The van der Waals surface area contributed by atoms with Crippen LogP contribution in [0, 0.1) is 5.82 Å². The Kier molecular flexibility index (Phi) is 3.43. The first kappa shape index (κ1) is 12.1. The first-order valence-corrected chi connectivity index (χ1v) is 4.86. The van der Waals surface area contributed by atoms with E-state index < -0.39 is 23.6 Å². The van der Waals surface area contributed by atoms with Crippen LogP contribution in [0.5, 0.6) is 5.75 Å². The lowest BCUT2D eigenvalue weighted by Crippen LogP contribution is -2.19. The Bertz CT molecular complexity index is 366. The number of alkyl halides is 4. The van der Waals surface area contributed by atoms with E-state index in [1.807, 2.05) is 0 Å². The SMILES string of the molecule is Nc1ccc(CBr)c(F)c1OC(F)(F)F. The van der Waals surface area contributed by atoms with E-state index in [0.29, 0.717) is 0 Å². The maximum absolute atomic E-state index is 13.3. The van der Waals surface area contributed by atoms with E-state index in [9.17, 15) is 17.6 Å². The molecular weight excluding hydrogens is 282 g/mol. The molecule has 0 aliphatic carbocycles. The Hall–Kier alpha value is -0.980. The largest absolute Gasteiger partial charge is 0.573 e. The van der Waals surface area contributed by atoms with Crippen molar-refractivity contribution >= 4 is 21.6 Å². The third-order valence-electron chi connectivity index (χ3n) is 1.57. The fourth-order valence-electron chi connectivity index (χ4n) is 0.934. The summed E-state index contributed by atoms with van der Waals surface area (Å²) in [5.41, 5.74) is 4.82. The molecule has 0 spiro atoms. The standard InChI is InChI=1S/C8H6BrF4NO/c9-3-4-1-2-5(14)7(6(4)10)15-8(11,12)13/h1-2H,3,14H2. The van der Waals surface area contributed by atoms with E-state index in [4.69, 9.17) is 5.73 Å². The molecule has 0 fully saturated rings. The zero-order valence-corrected chi connectivity index (χ0v) is 8.82. The fourth-order valence-corrected chi connectivity index (χ4v) is 1.37. The second-order valence-electron chi connectivity index (χ2n) is 2.64. The van der Waals surface area contributed by atoms with Gasteiger partial charge in [0.2, 0.25) is 0 Å². The van der Waals surface area contributed by atoms with Crippen LogP contribution in [0.2, 0.25) is 0 Å². The van der Waals surface area contributed by atoms with Gasteiger partial charge in [0.05, 0.1) is 5.69 Å². The highest BCUT2D eigenvalue weighted by molar-refractivity contribution is 9.08. The summed E-state index contributed by atoms with van der Waals surface area (Å²) < 4.78 is 52.5. The summed E-state index contributed by atoms with van der Waals surface area (Å²) in [6.45, 7) is 0. The van der Waals surface area contributed by atoms with Crippen LogP contribution in [0.1, 0.15) is 5.56 Å². The minimum absolute atomic E-state index is 0.0449. The van der Waals surface area contributed by atoms with Gasteiger partial charge in [0.1, 0.15) is 0 Å². The number of nitrogen functional groups attached to an aromatic ring is 1. The van der Waals surface area contributed by atoms with Gasteiger partial charge in [-0.15, -0.1) is 13.2 Å². The van der Waals surface area contributed by atoms with Crippen molar-refractivity contribution in [3.05, 3.63) is 23.5 Å².